The smallest absolute Gasteiger partial charge is 0.355 e. The molecule has 0 spiro atoms. The van der Waals surface area contributed by atoms with Crippen LogP contribution in [0.2, 0.25) is 0 Å². The van der Waals surface area contributed by atoms with Crippen LogP contribution in [-0.2, 0) is 46.1 Å². The monoisotopic (exact) mass is 589 g/mol. The summed E-state index contributed by atoms with van der Waals surface area (Å²) < 4.78 is 29.9. The molecule has 40 heavy (non-hydrogen) atoms. The Kier molecular flexibility index (Phi) is 8.14. The van der Waals surface area contributed by atoms with E-state index in [0.717, 1.165) is 28.2 Å². The molecule has 3 N–H and O–H groups in total. The molecule has 3 aliphatic heterocycles. The molecule has 0 aliphatic carbocycles. The van der Waals surface area contributed by atoms with Gasteiger partial charge < -0.3 is 30.1 Å². The molecule has 5 rings (SSSR count). The van der Waals surface area contributed by atoms with Gasteiger partial charge in [0, 0.05) is 17.6 Å². The van der Waals surface area contributed by atoms with Crippen LogP contribution in [0, 0.1) is 0 Å². The molecule has 0 bridgehead atoms. The summed E-state index contributed by atoms with van der Waals surface area (Å²) in [7, 11) is 1.18. The highest BCUT2D eigenvalue weighted by Crippen LogP contribution is 2.38. The molecule has 0 radical (unpaired) electrons. The van der Waals surface area contributed by atoms with Crippen molar-refractivity contribution in [1.29, 1.82) is 0 Å². The number of ether oxygens (including phenoxy) is 3. The predicted molar refractivity (Wildman–Crippen MR) is 144 cm³/mol. The Morgan fingerprint density at radius 2 is 2.08 bits per heavy atom. The molecule has 1 aromatic heterocycles. The number of fused-ring (bicyclic) bond motifs is 1. The maximum atomic E-state index is 13.4. The lowest BCUT2D eigenvalue weighted by molar-refractivity contribution is -0.153. The summed E-state index contributed by atoms with van der Waals surface area (Å²) in [6.07, 6.45) is 0.946. The first-order valence-corrected chi connectivity index (χ1v) is 14.6. The van der Waals surface area contributed by atoms with E-state index in [2.05, 4.69) is 15.5 Å². The van der Waals surface area contributed by atoms with E-state index < -0.39 is 46.1 Å². The van der Waals surface area contributed by atoms with Crippen LogP contribution in [0.15, 0.2) is 46.1 Å². The van der Waals surface area contributed by atoms with E-state index in [0.29, 0.717) is 24.4 Å². The molecule has 13 nitrogen and oxygen atoms in total. The second-order valence-electron chi connectivity index (χ2n) is 9.07. The van der Waals surface area contributed by atoms with Crippen LogP contribution in [0.3, 0.4) is 0 Å². The number of nitrogens with two attached hydrogens (primary N) is 1. The quantitative estimate of drug-likeness (QED) is 0.183. The van der Waals surface area contributed by atoms with Crippen LogP contribution in [-0.4, -0.2) is 81.7 Å². The van der Waals surface area contributed by atoms with Gasteiger partial charge >= 0.3 is 5.97 Å². The number of hydrogen-bond acceptors (Lipinski definition) is 12. The van der Waals surface area contributed by atoms with Crippen molar-refractivity contribution in [2.24, 2.45) is 5.16 Å². The average Bonchev–Trinajstić information content (AvgIpc) is 3.65. The van der Waals surface area contributed by atoms with E-state index in [9.17, 15) is 18.6 Å². The zero-order chi connectivity index (χ0) is 28.4. The first-order valence-electron chi connectivity index (χ1n) is 12.3. The third-order valence-corrected chi connectivity index (χ3v) is 8.94. The lowest BCUT2D eigenvalue weighted by Gasteiger charge is -2.49. The number of oxime groups is 1. The summed E-state index contributed by atoms with van der Waals surface area (Å²) >= 11 is 1.11. The number of carbonyl (C=O) groups excluding carboxylic acids is 3. The Morgan fingerprint density at radius 1 is 1.30 bits per heavy atom. The number of methoxy groups -OCH3 is 1. The summed E-state index contributed by atoms with van der Waals surface area (Å²) in [5.74, 6) is -1.44. The number of amides is 2. The van der Waals surface area contributed by atoms with Crippen molar-refractivity contribution >= 4 is 50.8 Å². The average molecular weight is 590 g/mol. The fourth-order valence-corrected chi connectivity index (χ4v) is 7.01. The fraction of sp³-hybridized carbons (Fsp3) is 0.400. The fourth-order valence-electron chi connectivity index (χ4n) is 4.73. The van der Waals surface area contributed by atoms with E-state index >= 15 is 0 Å². The van der Waals surface area contributed by atoms with Crippen LogP contribution in [0.25, 0.3) is 0 Å². The van der Waals surface area contributed by atoms with Crippen molar-refractivity contribution in [2.75, 3.05) is 32.3 Å². The Balaban J connectivity index is 1.37. The second kappa shape index (κ2) is 11.7. The predicted octanol–water partition coefficient (Wildman–Crippen LogP) is 0.676. The first kappa shape index (κ1) is 27.7. The molecular weight excluding hydrogens is 562 g/mol. The summed E-state index contributed by atoms with van der Waals surface area (Å²) in [5, 5.41) is 7.06. The van der Waals surface area contributed by atoms with Crippen molar-refractivity contribution in [3.63, 3.8) is 0 Å². The topological polar surface area (TPSA) is 172 Å². The third-order valence-electron chi connectivity index (χ3n) is 6.64. The van der Waals surface area contributed by atoms with Gasteiger partial charge in [0.15, 0.2) is 10.8 Å². The van der Waals surface area contributed by atoms with Crippen molar-refractivity contribution in [3.05, 3.63) is 52.2 Å². The third kappa shape index (κ3) is 5.31. The number of carbonyl (C=O) groups is 3. The first-order chi connectivity index (χ1) is 19.3. The number of hydrogen-bond donors (Lipinski definition) is 2. The van der Waals surface area contributed by atoms with Crippen molar-refractivity contribution in [1.82, 2.24) is 15.2 Å². The molecule has 2 amide bonds. The molecule has 0 saturated carbocycles. The Labute approximate surface area is 235 Å². The zero-order valence-corrected chi connectivity index (χ0v) is 23.3. The Hall–Kier alpha value is -3.82. The van der Waals surface area contributed by atoms with Crippen LogP contribution in [0.1, 0.15) is 24.1 Å². The van der Waals surface area contributed by atoms with Gasteiger partial charge in [-0.25, -0.2) is 9.78 Å². The van der Waals surface area contributed by atoms with E-state index in [1.807, 2.05) is 0 Å². The molecule has 4 heterocycles. The van der Waals surface area contributed by atoms with Gasteiger partial charge in [0.05, 0.1) is 29.8 Å². The summed E-state index contributed by atoms with van der Waals surface area (Å²) in [4.78, 5) is 49.9. The summed E-state index contributed by atoms with van der Waals surface area (Å²) in [5.41, 5.74) is 6.84. The van der Waals surface area contributed by atoms with Gasteiger partial charge in [0.2, 0.25) is 0 Å². The van der Waals surface area contributed by atoms with E-state index in [1.54, 1.807) is 31.4 Å². The number of nitrogens with zero attached hydrogens (tertiary/aromatic N) is 3. The second-order valence-corrected chi connectivity index (χ2v) is 11.5. The lowest BCUT2D eigenvalue weighted by Crippen LogP contribution is -2.74. The number of rotatable bonds is 9. The molecule has 212 valence electrons. The Bertz CT molecular complexity index is 1400. The number of esters is 1. The van der Waals surface area contributed by atoms with E-state index in [1.165, 1.54) is 12.5 Å². The minimum absolute atomic E-state index is 0.0000895. The van der Waals surface area contributed by atoms with Gasteiger partial charge in [-0.05, 0) is 30.5 Å². The van der Waals surface area contributed by atoms with Crippen molar-refractivity contribution in [2.45, 2.75) is 37.0 Å². The van der Waals surface area contributed by atoms with Gasteiger partial charge in [-0.3, -0.25) is 18.7 Å². The molecule has 3 aliphatic rings. The van der Waals surface area contributed by atoms with Crippen LogP contribution < -0.4 is 15.8 Å². The molecule has 4 atom stereocenters. The molecule has 2 fully saturated rings. The van der Waals surface area contributed by atoms with Crippen LogP contribution >= 0.6 is 11.3 Å². The number of anilines is 1. The van der Waals surface area contributed by atoms with Gasteiger partial charge in [-0.2, -0.15) is 0 Å². The lowest BCUT2D eigenvalue weighted by atomic mass is 9.99. The zero-order valence-electron chi connectivity index (χ0n) is 21.7. The van der Waals surface area contributed by atoms with E-state index in [-0.39, 0.29) is 34.6 Å². The van der Waals surface area contributed by atoms with Crippen molar-refractivity contribution < 1.29 is 37.6 Å². The molecular formula is C25H27N5O8S2. The van der Waals surface area contributed by atoms with Crippen molar-refractivity contribution in [3.8, 4) is 5.75 Å². The van der Waals surface area contributed by atoms with Crippen LogP contribution in [0.5, 0.6) is 5.75 Å². The molecule has 15 heteroatoms. The number of benzene rings is 1. The van der Waals surface area contributed by atoms with Gasteiger partial charge in [0.25, 0.3) is 11.8 Å². The minimum Gasteiger partial charge on any atom is -0.497 e. The molecule has 2 aromatic rings. The highest BCUT2D eigenvalue weighted by molar-refractivity contribution is 7.86. The number of aromatic nitrogens is 1. The number of nitrogens with one attached hydrogen (secondary N) is 1. The molecule has 2 saturated heterocycles. The highest BCUT2D eigenvalue weighted by atomic mass is 32.2. The largest absolute Gasteiger partial charge is 0.497 e. The summed E-state index contributed by atoms with van der Waals surface area (Å²) in [6, 6.07) is 5.84. The van der Waals surface area contributed by atoms with Crippen LogP contribution in [0.4, 0.5) is 5.13 Å². The Morgan fingerprint density at radius 3 is 2.70 bits per heavy atom. The van der Waals surface area contributed by atoms with Gasteiger partial charge in [-0.15, -0.1) is 11.3 Å². The van der Waals surface area contributed by atoms with Gasteiger partial charge in [0.1, 0.15) is 42.3 Å². The normalized spacial score (nSPS) is 24.3. The number of thiazole rings is 1. The summed E-state index contributed by atoms with van der Waals surface area (Å²) in [6.45, 7) is 0.447. The molecule has 0 unspecified atom stereocenters. The number of nitrogen functional groups attached to an aromatic ring is 1. The maximum Gasteiger partial charge on any atom is 0.355 e. The highest BCUT2D eigenvalue weighted by Gasteiger charge is 2.58. The number of β-lactam (4-membered cyclic amide) rings is 1. The standard InChI is InChI=1S/C25H27N5O8S2/c1-35-14-7-5-13(6-8-14)10-38-24(33)20-15(17-4-3-9-37-17)12-40(34)23-19(22(32)30(20)23)28-21(31)18(29-36-2)16-11-39-25(26)27-16/h5-8,11,17,19,23H,3-4,9-10,12H2,1-2H3,(H2,26,27)(H,28,31)/b29-18+/t17-,19+,23+,40-/m0/s1. The minimum atomic E-state index is -1.63. The van der Waals surface area contributed by atoms with Gasteiger partial charge in [-0.1, -0.05) is 17.3 Å². The van der Waals surface area contributed by atoms with E-state index in [4.69, 9.17) is 24.8 Å². The SMILES string of the molecule is CO/N=C(/C(=O)N[C@@H]1C(=O)N2C(C(=O)OCc3ccc(OC)cc3)=C([C@@H]3CCCO3)C[S@](=O)[C@H]12)c1csc(N)n1. The molecule has 1 aromatic carbocycles. The maximum absolute atomic E-state index is 13.4.